The van der Waals surface area contributed by atoms with E-state index < -0.39 is 0 Å². The molecule has 122 valence electrons. The summed E-state index contributed by atoms with van der Waals surface area (Å²) in [6.07, 6.45) is 5.08. The molecule has 0 bridgehead atoms. The first-order valence-electron chi connectivity index (χ1n) is 8.50. The lowest BCUT2D eigenvalue weighted by atomic mass is 9.76. The highest BCUT2D eigenvalue weighted by molar-refractivity contribution is 5.85. The van der Waals surface area contributed by atoms with Crippen molar-refractivity contribution >= 4 is 18.1 Å². The lowest BCUT2D eigenvalue weighted by Gasteiger charge is -2.35. The number of nitrogens with one attached hydrogen (secondary N) is 1. The van der Waals surface area contributed by atoms with Crippen molar-refractivity contribution in [3.8, 4) is 0 Å². The van der Waals surface area contributed by atoms with Crippen LogP contribution >= 0.6 is 12.4 Å². The highest BCUT2D eigenvalue weighted by Crippen LogP contribution is 2.46. The van der Waals surface area contributed by atoms with E-state index in [1.165, 1.54) is 57.5 Å². The summed E-state index contributed by atoms with van der Waals surface area (Å²) in [6, 6.07) is 9.10. The fourth-order valence-corrected chi connectivity index (χ4v) is 4.48. The summed E-state index contributed by atoms with van der Waals surface area (Å²) in [5.41, 5.74) is 3.43. The molecule has 0 radical (unpaired) electrons. The van der Waals surface area contributed by atoms with E-state index in [9.17, 15) is 0 Å². The summed E-state index contributed by atoms with van der Waals surface area (Å²) >= 11 is 0. The Kier molecular flexibility index (Phi) is 4.96. The van der Waals surface area contributed by atoms with Gasteiger partial charge in [0.2, 0.25) is 0 Å². The normalized spacial score (nSPS) is 26.5. The van der Waals surface area contributed by atoms with Crippen molar-refractivity contribution in [2.75, 3.05) is 44.3 Å². The van der Waals surface area contributed by atoms with E-state index in [1.807, 2.05) is 0 Å². The number of benzene rings is 1. The number of para-hydroxylation sites is 1. The van der Waals surface area contributed by atoms with Gasteiger partial charge in [0.15, 0.2) is 0 Å². The Balaban J connectivity index is 0.00000144. The van der Waals surface area contributed by atoms with Crippen molar-refractivity contribution in [3.05, 3.63) is 29.8 Å². The number of fused-ring (bicyclic) bond motifs is 2. The Bertz CT molecular complexity index is 496. The molecular formula is C18H27ClN2O. The van der Waals surface area contributed by atoms with Crippen molar-refractivity contribution in [1.82, 2.24) is 5.32 Å². The van der Waals surface area contributed by atoms with Crippen molar-refractivity contribution in [3.63, 3.8) is 0 Å². The lowest BCUT2D eigenvalue weighted by molar-refractivity contribution is 0.0551. The Labute approximate surface area is 139 Å². The third-order valence-corrected chi connectivity index (χ3v) is 5.64. The second-order valence-corrected chi connectivity index (χ2v) is 7.00. The van der Waals surface area contributed by atoms with Gasteiger partial charge >= 0.3 is 0 Å². The highest BCUT2D eigenvalue weighted by Gasteiger charge is 2.43. The van der Waals surface area contributed by atoms with Gasteiger partial charge in [-0.25, -0.2) is 0 Å². The molecule has 22 heavy (non-hydrogen) atoms. The smallest absolute Gasteiger partial charge is 0.0475 e. The molecule has 3 aliphatic heterocycles. The summed E-state index contributed by atoms with van der Waals surface area (Å²) in [5, 5.41) is 3.56. The molecule has 1 atom stereocenters. The Hall–Kier alpha value is -0.770. The summed E-state index contributed by atoms with van der Waals surface area (Å²) < 4.78 is 5.63. The first-order valence-corrected chi connectivity index (χ1v) is 8.50. The van der Waals surface area contributed by atoms with Gasteiger partial charge in [-0.1, -0.05) is 18.2 Å². The number of anilines is 1. The molecule has 0 saturated carbocycles. The van der Waals surface area contributed by atoms with Crippen LogP contribution in [0.15, 0.2) is 24.3 Å². The fraction of sp³-hybridized carbons (Fsp3) is 0.667. The van der Waals surface area contributed by atoms with Crippen LogP contribution in [0.1, 0.15) is 31.2 Å². The first kappa shape index (κ1) is 16.1. The maximum atomic E-state index is 5.63. The molecule has 4 rings (SSSR count). The molecule has 3 heterocycles. The average Bonchev–Trinajstić information content (AvgIpc) is 2.83. The SMILES string of the molecule is Cl.c1ccc2c(c1)N(CC1CCCNC1)CC21CCOCC1. The van der Waals surface area contributed by atoms with Gasteiger partial charge in [-0.3, -0.25) is 0 Å². The van der Waals surface area contributed by atoms with Crippen LogP contribution in [-0.4, -0.2) is 39.4 Å². The van der Waals surface area contributed by atoms with E-state index in [4.69, 9.17) is 4.74 Å². The van der Waals surface area contributed by atoms with Crippen LogP contribution in [0.3, 0.4) is 0 Å². The Morgan fingerprint density at radius 1 is 1.23 bits per heavy atom. The lowest BCUT2D eigenvalue weighted by Crippen LogP contribution is -2.42. The van der Waals surface area contributed by atoms with Gasteiger partial charge in [0, 0.05) is 37.4 Å². The molecular weight excluding hydrogens is 296 g/mol. The van der Waals surface area contributed by atoms with Crippen LogP contribution in [0, 0.1) is 5.92 Å². The molecule has 0 amide bonds. The number of ether oxygens (including phenoxy) is 1. The summed E-state index contributed by atoms with van der Waals surface area (Å²) in [7, 11) is 0. The van der Waals surface area contributed by atoms with Crippen LogP contribution in [-0.2, 0) is 10.2 Å². The topological polar surface area (TPSA) is 24.5 Å². The molecule has 1 aromatic rings. The minimum Gasteiger partial charge on any atom is -0.381 e. The zero-order valence-electron chi connectivity index (χ0n) is 13.2. The monoisotopic (exact) mass is 322 g/mol. The van der Waals surface area contributed by atoms with Crippen LogP contribution in [0.5, 0.6) is 0 Å². The quantitative estimate of drug-likeness (QED) is 0.906. The van der Waals surface area contributed by atoms with Crippen molar-refractivity contribution in [2.45, 2.75) is 31.1 Å². The van der Waals surface area contributed by atoms with Gasteiger partial charge in [0.05, 0.1) is 0 Å². The molecule has 1 aromatic carbocycles. The summed E-state index contributed by atoms with van der Waals surface area (Å²) in [4.78, 5) is 2.66. The van der Waals surface area contributed by atoms with E-state index in [0.717, 1.165) is 19.1 Å². The molecule has 2 saturated heterocycles. The third-order valence-electron chi connectivity index (χ3n) is 5.64. The van der Waals surface area contributed by atoms with E-state index in [-0.39, 0.29) is 12.4 Å². The van der Waals surface area contributed by atoms with E-state index in [1.54, 1.807) is 5.56 Å². The number of hydrogen-bond donors (Lipinski definition) is 1. The highest BCUT2D eigenvalue weighted by atomic mass is 35.5. The first-order chi connectivity index (χ1) is 10.4. The van der Waals surface area contributed by atoms with Gasteiger partial charge < -0.3 is 15.0 Å². The van der Waals surface area contributed by atoms with Gasteiger partial charge in [0.25, 0.3) is 0 Å². The van der Waals surface area contributed by atoms with Crippen LogP contribution < -0.4 is 10.2 Å². The van der Waals surface area contributed by atoms with Gasteiger partial charge in [0.1, 0.15) is 0 Å². The summed E-state index contributed by atoms with van der Waals surface area (Å²) in [6.45, 7) is 6.66. The minimum atomic E-state index is 0. The maximum Gasteiger partial charge on any atom is 0.0475 e. The minimum absolute atomic E-state index is 0. The van der Waals surface area contributed by atoms with Crippen molar-refractivity contribution in [1.29, 1.82) is 0 Å². The molecule has 4 heteroatoms. The van der Waals surface area contributed by atoms with Crippen molar-refractivity contribution < 1.29 is 4.74 Å². The Morgan fingerprint density at radius 2 is 2.05 bits per heavy atom. The molecule has 0 aromatic heterocycles. The number of piperidine rings is 1. The zero-order chi connectivity index (χ0) is 14.1. The zero-order valence-corrected chi connectivity index (χ0v) is 14.0. The van der Waals surface area contributed by atoms with Crippen molar-refractivity contribution in [2.24, 2.45) is 5.92 Å². The second kappa shape index (κ2) is 6.77. The Morgan fingerprint density at radius 3 is 2.82 bits per heavy atom. The molecule has 0 aliphatic carbocycles. The molecule has 1 unspecified atom stereocenters. The van der Waals surface area contributed by atoms with Gasteiger partial charge in [-0.2, -0.15) is 0 Å². The maximum absolute atomic E-state index is 5.63. The number of nitrogens with zero attached hydrogens (tertiary/aromatic N) is 1. The number of hydrogen-bond acceptors (Lipinski definition) is 3. The fourth-order valence-electron chi connectivity index (χ4n) is 4.48. The molecule has 1 N–H and O–H groups in total. The summed E-state index contributed by atoms with van der Waals surface area (Å²) in [5.74, 6) is 0.807. The van der Waals surface area contributed by atoms with E-state index in [2.05, 4.69) is 34.5 Å². The molecule has 1 spiro atoms. The largest absolute Gasteiger partial charge is 0.381 e. The van der Waals surface area contributed by atoms with E-state index >= 15 is 0 Å². The molecule has 2 fully saturated rings. The third kappa shape index (κ3) is 2.86. The second-order valence-electron chi connectivity index (χ2n) is 7.00. The standard InChI is InChI=1S/C18H26N2O.ClH/c1-2-6-17-16(5-1)18(7-10-21-11-8-18)14-20(17)13-15-4-3-9-19-12-15;/h1-2,5-6,15,19H,3-4,7-14H2;1H. The average molecular weight is 323 g/mol. The molecule has 3 aliphatic rings. The predicted molar refractivity (Wildman–Crippen MR) is 93.2 cm³/mol. The van der Waals surface area contributed by atoms with E-state index in [0.29, 0.717) is 5.41 Å². The number of rotatable bonds is 2. The van der Waals surface area contributed by atoms with Gasteiger partial charge in [-0.05, 0) is 56.3 Å². The predicted octanol–water partition coefficient (Wildman–Crippen LogP) is 2.98. The number of halogens is 1. The van der Waals surface area contributed by atoms with Crippen LogP contribution in [0.25, 0.3) is 0 Å². The van der Waals surface area contributed by atoms with Gasteiger partial charge in [-0.15, -0.1) is 12.4 Å². The van der Waals surface area contributed by atoms with Crippen LogP contribution in [0.2, 0.25) is 0 Å². The molecule has 3 nitrogen and oxygen atoms in total. The van der Waals surface area contributed by atoms with Crippen LogP contribution in [0.4, 0.5) is 5.69 Å².